The molecule has 1 saturated heterocycles. The summed E-state index contributed by atoms with van der Waals surface area (Å²) >= 11 is 0. The zero-order valence-electron chi connectivity index (χ0n) is 15.2. The van der Waals surface area contributed by atoms with Gasteiger partial charge in [0, 0.05) is 25.9 Å². The van der Waals surface area contributed by atoms with E-state index in [9.17, 15) is 9.59 Å². The molecule has 1 amide bonds. The number of carbonyl (C=O) groups excluding carboxylic acids is 1. The quantitative estimate of drug-likeness (QED) is 0.781. The molecule has 1 aromatic carbocycles. The van der Waals surface area contributed by atoms with E-state index in [0.29, 0.717) is 31.0 Å². The highest BCUT2D eigenvalue weighted by Crippen LogP contribution is 2.31. The Kier molecular flexibility index (Phi) is 6.67. The fraction of sp³-hybridized carbons (Fsp3) is 0.579. The molecule has 1 fully saturated rings. The third-order valence-corrected chi connectivity index (χ3v) is 4.99. The highest BCUT2D eigenvalue weighted by Gasteiger charge is 2.34. The maximum atomic E-state index is 12.4. The molecule has 0 spiro atoms. The van der Waals surface area contributed by atoms with E-state index in [0.717, 1.165) is 18.4 Å². The summed E-state index contributed by atoms with van der Waals surface area (Å²) in [5, 5.41) is 9.03. The van der Waals surface area contributed by atoms with E-state index >= 15 is 0 Å². The van der Waals surface area contributed by atoms with Crippen molar-refractivity contribution in [3.8, 4) is 11.5 Å². The van der Waals surface area contributed by atoms with Crippen LogP contribution in [0.2, 0.25) is 0 Å². The van der Waals surface area contributed by atoms with Gasteiger partial charge >= 0.3 is 5.97 Å². The fourth-order valence-corrected chi connectivity index (χ4v) is 3.50. The molecule has 1 aliphatic rings. The standard InChI is InChI=1S/C19H27NO5/c1-4-14-12-20(18(21)10-15(14)11-19(22)23)8-7-13-5-6-16(24-2)17(9-13)25-3/h5-6,9,14-15H,4,7-8,10-12H2,1-3H3,(H,22,23)/t14-,15+/m0/s1. The van der Waals surface area contributed by atoms with Gasteiger partial charge in [0.25, 0.3) is 0 Å². The number of carbonyl (C=O) groups is 2. The highest BCUT2D eigenvalue weighted by atomic mass is 16.5. The number of likely N-dealkylation sites (tertiary alicyclic amines) is 1. The second-order valence-electron chi connectivity index (χ2n) is 6.51. The van der Waals surface area contributed by atoms with Gasteiger partial charge in [-0.1, -0.05) is 19.4 Å². The molecule has 0 saturated carbocycles. The average Bonchev–Trinajstić information content (AvgIpc) is 2.60. The maximum absolute atomic E-state index is 12.4. The number of methoxy groups -OCH3 is 2. The Balaban J connectivity index is 1.99. The smallest absolute Gasteiger partial charge is 0.303 e. The Morgan fingerprint density at radius 1 is 1.24 bits per heavy atom. The van der Waals surface area contributed by atoms with Crippen LogP contribution in [0.15, 0.2) is 18.2 Å². The minimum Gasteiger partial charge on any atom is -0.493 e. The highest BCUT2D eigenvalue weighted by molar-refractivity contribution is 5.78. The molecule has 1 aromatic rings. The van der Waals surface area contributed by atoms with Crippen molar-refractivity contribution in [2.24, 2.45) is 11.8 Å². The van der Waals surface area contributed by atoms with Crippen molar-refractivity contribution in [2.45, 2.75) is 32.6 Å². The van der Waals surface area contributed by atoms with E-state index in [2.05, 4.69) is 6.92 Å². The van der Waals surface area contributed by atoms with E-state index in [4.69, 9.17) is 14.6 Å². The van der Waals surface area contributed by atoms with Crippen molar-refractivity contribution in [3.63, 3.8) is 0 Å². The van der Waals surface area contributed by atoms with Gasteiger partial charge in [-0.2, -0.15) is 0 Å². The number of ether oxygens (including phenoxy) is 2. The van der Waals surface area contributed by atoms with Crippen molar-refractivity contribution in [3.05, 3.63) is 23.8 Å². The monoisotopic (exact) mass is 349 g/mol. The number of hydrogen-bond acceptors (Lipinski definition) is 4. The predicted octanol–water partition coefficient (Wildman–Crippen LogP) is 2.60. The van der Waals surface area contributed by atoms with Gasteiger partial charge in [0.15, 0.2) is 11.5 Å². The Hall–Kier alpha value is -2.24. The summed E-state index contributed by atoms with van der Waals surface area (Å²) < 4.78 is 10.6. The molecular weight excluding hydrogens is 322 g/mol. The molecule has 138 valence electrons. The first-order valence-electron chi connectivity index (χ1n) is 8.68. The van der Waals surface area contributed by atoms with E-state index in [1.807, 2.05) is 23.1 Å². The van der Waals surface area contributed by atoms with Crippen LogP contribution in [-0.2, 0) is 16.0 Å². The number of hydrogen-bond donors (Lipinski definition) is 1. The summed E-state index contributed by atoms with van der Waals surface area (Å²) in [5.74, 6) is 0.791. The summed E-state index contributed by atoms with van der Waals surface area (Å²) in [7, 11) is 3.20. The van der Waals surface area contributed by atoms with E-state index in [1.165, 1.54) is 0 Å². The molecule has 2 rings (SSSR count). The molecule has 0 bridgehead atoms. The van der Waals surface area contributed by atoms with Crippen molar-refractivity contribution in [2.75, 3.05) is 27.3 Å². The second-order valence-corrected chi connectivity index (χ2v) is 6.51. The summed E-state index contributed by atoms with van der Waals surface area (Å²) in [6, 6.07) is 5.77. The molecule has 6 nitrogen and oxygen atoms in total. The van der Waals surface area contributed by atoms with Gasteiger partial charge in [-0.3, -0.25) is 9.59 Å². The SMILES string of the molecule is CC[C@H]1CN(CCc2ccc(OC)c(OC)c2)C(=O)C[C@@H]1CC(=O)O. The minimum atomic E-state index is -0.824. The molecule has 2 atom stereocenters. The van der Waals surface area contributed by atoms with Crippen LogP contribution < -0.4 is 9.47 Å². The molecular formula is C19H27NO5. The molecule has 1 N–H and O–H groups in total. The third kappa shape index (κ3) is 4.87. The molecule has 6 heteroatoms. The number of benzene rings is 1. The number of piperidine rings is 1. The maximum Gasteiger partial charge on any atom is 0.303 e. The van der Waals surface area contributed by atoms with Crippen molar-refractivity contribution < 1.29 is 24.2 Å². The molecule has 0 aromatic heterocycles. The molecule has 0 unspecified atom stereocenters. The van der Waals surface area contributed by atoms with E-state index in [1.54, 1.807) is 14.2 Å². The second kappa shape index (κ2) is 8.74. The number of rotatable bonds is 8. The fourth-order valence-electron chi connectivity index (χ4n) is 3.50. The van der Waals surface area contributed by atoms with Crippen LogP contribution >= 0.6 is 0 Å². The summed E-state index contributed by atoms with van der Waals surface area (Å²) in [5.41, 5.74) is 1.08. The van der Waals surface area contributed by atoms with Gasteiger partial charge in [0.05, 0.1) is 14.2 Å². The molecule has 1 heterocycles. The van der Waals surface area contributed by atoms with E-state index in [-0.39, 0.29) is 24.2 Å². The van der Waals surface area contributed by atoms with Gasteiger partial charge in [-0.25, -0.2) is 0 Å². The van der Waals surface area contributed by atoms with Gasteiger partial charge in [-0.05, 0) is 36.0 Å². The lowest BCUT2D eigenvalue weighted by molar-refractivity contribution is -0.142. The van der Waals surface area contributed by atoms with Gasteiger partial charge in [0.2, 0.25) is 5.91 Å². The molecule has 0 radical (unpaired) electrons. The first-order valence-corrected chi connectivity index (χ1v) is 8.68. The van der Waals surface area contributed by atoms with Crippen LogP contribution in [0.25, 0.3) is 0 Å². The Labute approximate surface area is 148 Å². The van der Waals surface area contributed by atoms with Gasteiger partial charge in [0.1, 0.15) is 0 Å². The Morgan fingerprint density at radius 2 is 1.96 bits per heavy atom. The third-order valence-electron chi connectivity index (χ3n) is 4.99. The zero-order chi connectivity index (χ0) is 18.4. The van der Waals surface area contributed by atoms with Gasteiger partial charge in [-0.15, -0.1) is 0 Å². The van der Waals surface area contributed by atoms with Crippen LogP contribution in [0, 0.1) is 11.8 Å². The van der Waals surface area contributed by atoms with Crippen LogP contribution in [-0.4, -0.2) is 49.2 Å². The van der Waals surface area contributed by atoms with Gasteiger partial charge < -0.3 is 19.5 Å². The largest absolute Gasteiger partial charge is 0.493 e. The summed E-state index contributed by atoms with van der Waals surface area (Å²) in [6.07, 6.45) is 2.02. The lowest BCUT2D eigenvalue weighted by Crippen LogP contribution is -2.45. The topological polar surface area (TPSA) is 76.1 Å². The minimum absolute atomic E-state index is 0.0488. The van der Waals surface area contributed by atoms with Crippen LogP contribution in [0.1, 0.15) is 31.7 Å². The van der Waals surface area contributed by atoms with Crippen molar-refractivity contribution in [1.82, 2.24) is 4.90 Å². The number of carboxylic acid groups (broad SMARTS) is 1. The molecule has 0 aliphatic carbocycles. The zero-order valence-corrected chi connectivity index (χ0v) is 15.2. The first kappa shape index (κ1) is 19.1. The lowest BCUT2D eigenvalue weighted by Gasteiger charge is -2.37. The average molecular weight is 349 g/mol. The molecule has 1 aliphatic heterocycles. The van der Waals surface area contributed by atoms with Crippen LogP contribution in [0.4, 0.5) is 0 Å². The van der Waals surface area contributed by atoms with Crippen LogP contribution in [0.5, 0.6) is 11.5 Å². The first-order chi connectivity index (χ1) is 12.0. The van der Waals surface area contributed by atoms with Crippen molar-refractivity contribution in [1.29, 1.82) is 0 Å². The number of aliphatic carboxylic acids is 1. The Morgan fingerprint density at radius 3 is 2.56 bits per heavy atom. The van der Waals surface area contributed by atoms with Crippen molar-refractivity contribution >= 4 is 11.9 Å². The summed E-state index contributed by atoms with van der Waals surface area (Å²) in [6.45, 7) is 3.33. The number of amides is 1. The lowest BCUT2D eigenvalue weighted by atomic mass is 9.81. The normalized spacial score (nSPS) is 20.4. The predicted molar refractivity (Wildman–Crippen MR) is 94.0 cm³/mol. The molecule has 25 heavy (non-hydrogen) atoms. The number of carboxylic acids is 1. The Bertz CT molecular complexity index is 616. The van der Waals surface area contributed by atoms with Crippen LogP contribution in [0.3, 0.4) is 0 Å². The summed E-state index contributed by atoms with van der Waals surface area (Å²) in [4.78, 5) is 25.2. The number of nitrogens with zero attached hydrogens (tertiary/aromatic N) is 1. The van der Waals surface area contributed by atoms with E-state index < -0.39 is 5.97 Å².